The third-order valence-electron chi connectivity index (χ3n) is 8.28. The molecule has 1 aromatic heterocycles. The van der Waals surface area contributed by atoms with E-state index in [1.54, 1.807) is 11.0 Å². The highest BCUT2D eigenvalue weighted by atomic mass is 16.6. The topological polar surface area (TPSA) is 136 Å². The van der Waals surface area contributed by atoms with Crippen LogP contribution in [0.3, 0.4) is 0 Å². The fraction of sp³-hybridized carbons (Fsp3) is 0.286. The molecule has 0 atom stereocenters. The number of aliphatic hydroxyl groups is 1. The maximum atomic E-state index is 13.8. The molecule has 6 rings (SSSR count). The van der Waals surface area contributed by atoms with E-state index in [1.165, 1.54) is 0 Å². The van der Waals surface area contributed by atoms with Gasteiger partial charge >= 0.3 is 6.09 Å². The van der Waals surface area contributed by atoms with E-state index in [0.29, 0.717) is 61.8 Å². The van der Waals surface area contributed by atoms with Crippen LogP contribution < -0.4 is 25.4 Å². The number of nitrogens with zero attached hydrogens (tertiary/aromatic N) is 2. The van der Waals surface area contributed by atoms with Crippen molar-refractivity contribution in [3.8, 4) is 11.8 Å². The predicted molar refractivity (Wildman–Crippen MR) is 169 cm³/mol. The zero-order valence-electron chi connectivity index (χ0n) is 24.9. The predicted octanol–water partition coefficient (Wildman–Crippen LogP) is 5.58. The first-order valence-corrected chi connectivity index (χ1v) is 15.1. The molecule has 0 saturated heterocycles. The van der Waals surface area contributed by atoms with Gasteiger partial charge in [0, 0.05) is 28.9 Å². The van der Waals surface area contributed by atoms with Gasteiger partial charge in [0.15, 0.2) is 0 Å². The molecule has 232 valence electrons. The molecule has 4 N–H and O–H groups in total. The lowest BCUT2D eigenvalue weighted by molar-refractivity contribution is -0.0472. The van der Waals surface area contributed by atoms with Crippen LogP contribution >= 0.6 is 0 Å². The summed E-state index contributed by atoms with van der Waals surface area (Å²) in [6, 6.07) is 29.0. The average Bonchev–Trinajstić information content (AvgIpc) is 3.41. The normalized spacial score (nSPS) is 19.1. The Labute approximate surface area is 261 Å². The number of fused-ring (bicyclic) bond motifs is 1. The highest BCUT2D eigenvalue weighted by Crippen LogP contribution is 2.39. The molecule has 1 fully saturated rings. The number of carbonyl (C=O) groups excluding carboxylic acids is 2. The number of ether oxygens (including phenoxy) is 3. The number of nitrogens with one attached hydrogen (secondary N) is 1. The van der Waals surface area contributed by atoms with Crippen molar-refractivity contribution in [1.82, 2.24) is 4.98 Å². The van der Waals surface area contributed by atoms with Gasteiger partial charge < -0.3 is 30.4 Å². The second kappa shape index (κ2) is 13.3. The van der Waals surface area contributed by atoms with Crippen LogP contribution in [-0.2, 0) is 24.5 Å². The first-order valence-electron chi connectivity index (χ1n) is 15.1. The minimum Gasteiger partial charge on any atom is -0.473 e. The molecule has 4 aromatic rings. The smallest absolute Gasteiger partial charge is 0.404 e. The molecule has 10 nitrogen and oxygen atoms in total. The molecule has 1 aliphatic carbocycles. The fourth-order valence-corrected chi connectivity index (χ4v) is 5.80. The highest BCUT2D eigenvalue weighted by molar-refractivity contribution is 6.11. The molecule has 45 heavy (non-hydrogen) atoms. The van der Waals surface area contributed by atoms with Crippen molar-refractivity contribution in [2.45, 2.75) is 57.1 Å². The van der Waals surface area contributed by atoms with Gasteiger partial charge in [-0.25, -0.2) is 4.79 Å². The van der Waals surface area contributed by atoms with E-state index in [4.69, 9.17) is 19.9 Å². The zero-order chi connectivity index (χ0) is 31.2. The molecule has 2 heterocycles. The Morgan fingerprint density at radius 3 is 2.24 bits per heavy atom. The largest absolute Gasteiger partial charge is 0.473 e. The number of hydrogen-bond acceptors (Lipinski definition) is 8. The van der Waals surface area contributed by atoms with Crippen molar-refractivity contribution >= 4 is 23.4 Å². The van der Waals surface area contributed by atoms with Crippen LogP contribution in [0, 0.1) is 0 Å². The Morgan fingerprint density at radius 1 is 0.911 bits per heavy atom. The van der Waals surface area contributed by atoms with E-state index in [-0.39, 0.29) is 25.2 Å². The van der Waals surface area contributed by atoms with Gasteiger partial charge in [-0.05, 0) is 55.0 Å². The average molecular weight is 609 g/mol. The van der Waals surface area contributed by atoms with Crippen molar-refractivity contribution in [3.05, 3.63) is 113 Å². The maximum Gasteiger partial charge on any atom is 0.404 e. The third-order valence-corrected chi connectivity index (χ3v) is 8.28. The summed E-state index contributed by atoms with van der Waals surface area (Å²) in [7, 11) is 0. The van der Waals surface area contributed by atoms with Crippen LogP contribution in [0.2, 0.25) is 0 Å². The van der Waals surface area contributed by atoms with Crippen molar-refractivity contribution in [1.29, 1.82) is 0 Å². The van der Waals surface area contributed by atoms with Crippen molar-refractivity contribution in [2.24, 2.45) is 5.73 Å². The molecule has 10 heteroatoms. The summed E-state index contributed by atoms with van der Waals surface area (Å²) in [6.07, 6.45) is 1.38. The summed E-state index contributed by atoms with van der Waals surface area (Å²) < 4.78 is 17.1. The number of amides is 2. The summed E-state index contributed by atoms with van der Waals surface area (Å²) in [5, 5.41) is 14.4. The quantitative estimate of drug-likeness (QED) is 0.201. The van der Waals surface area contributed by atoms with Gasteiger partial charge in [-0.1, -0.05) is 66.7 Å². The van der Waals surface area contributed by atoms with Gasteiger partial charge in [0.25, 0.3) is 5.91 Å². The van der Waals surface area contributed by atoms with E-state index in [0.717, 1.165) is 22.4 Å². The first-order chi connectivity index (χ1) is 21.9. The molecule has 0 unspecified atom stereocenters. The molecule has 2 aliphatic rings. The number of pyridine rings is 1. The van der Waals surface area contributed by atoms with E-state index in [1.807, 2.05) is 84.9 Å². The minimum absolute atomic E-state index is 0.0852. The van der Waals surface area contributed by atoms with E-state index in [2.05, 4.69) is 10.3 Å². The van der Waals surface area contributed by atoms with E-state index < -0.39 is 11.7 Å². The van der Waals surface area contributed by atoms with Crippen molar-refractivity contribution in [2.75, 3.05) is 16.8 Å². The number of aromatic nitrogens is 1. The number of carbonyl (C=O) groups is 2. The fourth-order valence-electron chi connectivity index (χ4n) is 5.80. The van der Waals surface area contributed by atoms with Gasteiger partial charge in [0.1, 0.15) is 25.5 Å². The lowest BCUT2D eigenvalue weighted by Gasteiger charge is -2.36. The number of hydrogen-bond donors (Lipinski definition) is 3. The lowest BCUT2D eigenvalue weighted by Crippen LogP contribution is -2.43. The molecular formula is C35H36N4O6. The molecule has 1 saturated carbocycles. The number of anilines is 2. The lowest BCUT2D eigenvalue weighted by atomic mass is 9.82. The molecule has 3 aromatic carbocycles. The second-order valence-electron chi connectivity index (χ2n) is 11.5. The summed E-state index contributed by atoms with van der Waals surface area (Å²) in [5.41, 5.74) is 8.91. The van der Waals surface area contributed by atoms with Crippen LogP contribution in [0.25, 0.3) is 0 Å². The number of primary amides is 1. The van der Waals surface area contributed by atoms with Gasteiger partial charge in [-0.2, -0.15) is 4.98 Å². The number of rotatable bonds is 11. The Hall–Kier alpha value is -5.09. The van der Waals surface area contributed by atoms with Crippen molar-refractivity contribution < 1.29 is 28.9 Å². The van der Waals surface area contributed by atoms with Gasteiger partial charge in [-0.15, -0.1) is 0 Å². The maximum absolute atomic E-state index is 13.8. The van der Waals surface area contributed by atoms with Crippen LogP contribution in [0.1, 0.15) is 52.7 Å². The minimum atomic E-state index is -1.08. The van der Waals surface area contributed by atoms with Crippen LogP contribution in [0.15, 0.2) is 91.0 Å². The third kappa shape index (κ3) is 7.18. The standard InChI is InChI=1S/C35H36N4O6/c36-34(41)45-23-35(42)18-16-26(17-19-35)37-29-13-7-12-27-28(29)20-39(33(27)40)30-14-15-31(43-21-24-8-3-1-4-9-24)38-32(30)44-22-25-10-5-2-6-11-25/h1-15,26,37,42H,16-23H2,(H2,36,41). The summed E-state index contributed by atoms with van der Waals surface area (Å²) in [5.74, 6) is 0.570. The number of benzene rings is 3. The van der Waals surface area contributed by atoms with E-state index >= 15 is 0 Å². The SMILES string of the molecule is NC(=O)OCC1(O)CCC(Nc2cccc3c2CN(c2ccc(OCc4ccccc4)nc2OCc2ccccc2)C3=O)CC1. The molecular weight excluding hydrogens is 572 g/mol. The van der Waals surface area contributed by atoms with E-state index in [9.17, 15) is 14.7 Å². The van der Waals surface area contributed by atoms with Crippen LogP contribution in [0.4, 0.5) is 16.2 Å². The molecule has 1 aliphatic heterocycles. The first kappa shape index (κ1) is 30.0. The number of nitrogens with two attached hydrogens (primary N) is 1. The van der Waals surface area contributed by atoms with Gasteiger partial charge in [0.05, 0.1) is 12.1 Å². The highest BCUT2D eigenvalue weighted by Gasteiger charge is 2.36. The Kier molecular flexibility index (Phi) is 8.84. The zero-order valence-corrected chi connectivity index (χ0v) is 24.9. The van der Waals surface area contributed by atoms with Gasteiger partial charge in [-0.3, -0.25) is 9.69 Å². The Balaban J connectivity index is 1.19. The second-order valence-corrected chi connectivity index (χ2v) is 11.5. The molecule has 0 radical (unpaired) electrons. The van der Waals surface area contributed by atoms with Crippen LogP contribution in [0.5, 0.6) is 11.8 Å². The Morgan fingerprint density at radius 2 is 1.58 bits per heavy atom. The summed E-state index contributed by atoms with van der Waals surface area (Å²) in [6.45, 7) is 0.862. The molecule has 0 bridgehead atoms. The van der Waals surface area contributed by atoms with Gasteiger partial charge in [0.2, 0.25) is 11.8 Å². The molecule has 0 spiro atoms. The monoisotopic (exact) mass is 608 g/mol. The molecule has 2 amide bonds. The van der Waals surface area contributed by atoms with Crippen molar-refractivity contribution in [3.63, 3.8) is 0 Å². The summed E-state index contributed by atoms with van der Waals surface area (Å²) in [4.78, 5) is 31.1. The Bertz CT molecular complexity index is 1640. The summed E-state index contributed by atoms with van der Waals surface area (Å²) >= 11 is 0. The van der Waals surface area contributed by atoms with Crippen LogP contribution in [-0.4, -0.2) is 40.3 Å².